The van der Waals surface area contributed by atoms with Crippen LogP contribution in [0.2, 0.25) is 0 Å². The second-order valence-electron chi connectivity index (χ2n) is 6.18. The highest BCUT2D eigenvalue weighted by atomic mass is 32.2. The van der Waals surface area contributed by atoms with Crippen LogP contribution in [0.4, 0.5) is 26.3 Å². The van der Waals surface area contributed by atoms with Crippen molar-refractivity contribution in [1.29, 1.82) is 0 Å². The van der Waals surface area contributed by atoms with Crippen molar-refractivity contribution in [2.75, 3.05) is 6.54 Å². The Morgan fingerprint density at radius 2 is 1.41 bits per heavy atom. The number of halogens is 6. The highest BCUT2D eigenvalue weighted by Crippen LogP contribution is 2.37. The van der Waals surface area contributed by atoms with E-state index in [4.69, 9.17) is 0 Å². The molecule has 0 amide bonds. The lowest BCUT2D eigenvalue weighted by Gasteiger charge is -2.16. The van der Waals surface area contributed by atoms with Crippen molar-refractivity contribution >= 4 is 16.3 Å². The maximum Gasteiger partial charge on any atom is 0.416 e. The van der Waals surface area contributed by atoms with Crippen LogP contribution in [0, 0.1) is 5.92 Å². The van der Waals surface area contributed by atoms with E-state index in [2.05, 4.69) is 0 Å². The number of aldehydes is 1. The minimum Gasteiger partial charge on any atom is -0.303 e. The molecule has 29 heavy (non-hydrogen) atoms. The molecule has 0 heterocycles. The van der Waals surface area contributed by atoms with Crippen molar-refractivity contribution in [2.45, 2.75) is 23.7 Å². The van der Waals surface area contributed by atoms with Gasteiger partial charge in [0.2, 0.25) is 10.0 Å². The first-order valence-electron chi connectivity index (χ1n) is 8.11. The predicted molar refractivity (Wildman–Crippen MR) is 91.3 cm³/mol. The number of sulfonamides is 1. The maximum absolute atomic E-state index is 12.9. The van der Waals surface area contributed by atoms with Gasteiger partial charge in [0.15, 0.2) is 0 Å². The number of rotatable bonds is 7. The van der Waals surface area contributed by atoms with Crippen LogP contribution in [0.15, 0.2) is 53.4 Å². The van der Waals surface area contributed by atoms with Crippen LogP contribution in [-0.4, -0.2) is 21.2 Å². The SMILES string of the molecule is O=CC(CNS(=O)(=O)c1cc(C(F)(F)F)cc(C(F)(F)F)c1)Cc1ccccc1. The number of carbonyl (C=O) groups is 1. The van der Waals surface area contributed by atoms with Crippen molar-refractivity contribution in [3.05, 3.63) is 65.2 Å². The molecule has 1 unspecified atom stereocenters. The molecule has 11 heteroatoms. The molecular weight excluding hydrogens is 424 g/mol. The minimum atomic E-state index is -5.18. The van der Waals surface area contributed by atoms with Crippen LogP contribution in [0.5, 0.6) is 0 Å². The van der Waals surface area contributed by atoms with Crippen molar-refractivity contribution in [1.82, 2.24) is 4.72 Å². The lowest BCUT2D eigenvalue weighted by Crippen LogP contribution is -2.31. The Kier molecular flexibility index (Phi) is 6.74. The third-order valence-corrected chi connectivity index (χ3v) is 5.34. The van der Waals surface area contributed by atoms with Gasteiger partial charge in [-0.05, 0) is 30.2 Å². The maximum atomic E-state index is 12.9. The van der Waals surface area contributed by atoms with E-state index in [0.29, 0.717) is 11.8 Å². The Morgan fingerprint density at radius 1 is 0.897 bits per heavy atom. The summed E-state index contributed by atoms with van der Waals surface area (Å²) in [6.45, 7) is -0.488. The topological polar surface area (TPSA) is 63.2 Å². The largest absolute Gasteiger partial charge is 0.416 e. The van der Waals surface area contributed by atoms with E-state index in [0.717, 1.165) is 0 Å². The van der Waals surface area contributed by atoms with Gasteiger partial charge >= 0.3 is 12.4 Å². The molecule has 1 atom stereocenters. The first-order chi connectivity index (χ1) is 13.3. The van der Waals surface area contributed by atoms with Gasteiger partial charge in [0, 0.05) is 12.5 Å². The summed E-state index contributed by atoms with van der Waals surface area (Å²) in [5.74, 6) is -0.861. The van der Waals surface area contributed by atoms with E-state index in [9.17, 15) is 39.6 Å². The van der Waals surface area contributed by atoms with Gasteiger partial charge < -0.3 is 4.79 Å². The normalized spacial score (nSPS) is 13.9. The van der Waals surface area contributed by atoms with Gasteiger partial charge in [-0.15, -0.1) is 0 Å². The second-order valence-corrected chi connectivity index (χ2v) is 7.95. The number of alkyl halides is 6. The number of benzene rings is 2. The summed E-state index contributed by atoms with van der Waals surface area (Å²) >= 11 is 0. The average Bonchev–Trinajstić information content (AvgIpc) is 2.64. The van der Waals surface area contributed by atoms with Crippen LogP contribution in [0.1, 0.15) is 16.7 Å². The van der Waals surface area contributed by atoms with Crippen molar-refractivity contribution in [3.8, 4) is 0 Å². The smallest absolute Gasteiger partial charge is 0.303 e. The molecule has 4 nitrogen and oxygen atoms in total. The van der Waals surface area contributed by atoms with Crippen molar-refractivity contribution < 1.29 is 39.6 Å². The molecule has 2 aromatic rings. The molecule has 0 radical (unpaired) electrons. The fourth-order valence-electron chi connectivity index (χ4n) is 2.47. The zero-order valence-electron chi connectivity index (χ0n) is 14.6. The van der Waals surface area contributed by atoms with Gasteiger partial charge in [0.05, 0.1) is 16.0 Å². The van der Waals surface area contributed by atoms with Gasteiger partial charge in [-0.25, -0.2) is 13.1 Å². The summed E-state index contributed by atoms with van der Waals surface area (Å²) in [5, 5.41) is 0. The monoisotopic (exact) mass is 439 g/mol. The Bertz CT molecular complexity index is 924. The molecule has 0 aromatic heterocycles. The van der Waals surface area contributed by atoms with E-state index < -0.39 is 50.9 Å². The molecule has 158 valence electrons. The van der Waals surface area contributed by atoms with Gasteiger partial charge in [-0.1, -0.05) is 30.3 Å². The zero-order valence-corrected chi connectivity index (χ0v) is 15.4. The lowest BCUT2D eigenvalue weighted by atomic mass is 10.0. The first kappa shape index (κ1) is 22.9. The summed E-state index contributed by atoms with van der Waals surface area (Å²) in [7, 11) is -4.73. The molecule has 0 spiro atoms. The fourth-order valence-corrected chi connectivity index (χ4v) is 3.63. The Hall–Kier alpha value is -2.40. The quantitative estimate of drug-likeness (QED) is 0.523. The van der Waals surface area contributed by atoms with E-state index in [1.54, 1.807) is 30.3 Å². The third kappa shape index (κ3) is 6.29. The van der Waals surface area contributed by atoms with Crippen LogP contribution in [0.25, 0.3) is 0 Å². The average molecular weight is 439 g/mol. The van der Waals surface area contributed by atoms with E-state index in [1.807, 2.05) is 4.72 Å². The van der Waals surface area contributed by atoms with Crippen molar-refractivity contribution in [3.63, 3.8) is 0 Å². The molecule has 0 saturated carbocycles. The molecule has 0 aliphatic heterocycles. The summed E-state index contributed by atoms with van der Waals surface area (Å²) in [6, 6.07) is 8.57. The van der Waals surface area contributed by atoms with Crippen molar-refractivity contribution in [2.24, 2.45) is 5.92 Å². The minimum absolute atomic E-state index is 0.116. The molecule has 0 bridgehead atoms. The number of hydrogen-bond donors (Lipinski definition) is 1. The molecule has 0 aliphatic carbocycles. The van der Waals surface area contributed by atoms with Gasteiger partial charge in [-0.2, -0.15) is 26.3 Å². The lowest BCUT2D eigenvalue weighted by molar-refractivity contribution is -0.143. The van der Waals surface area contributed by atoms with Crippen LogP contribution >= 0.6 is 0 Å². The molecule has 0 aliphatic rings. The Balaban J connectivity index is 2.28. The standard InChI is InChI=1S/C18H15F6NO3S/c19-17(20,21)14-7-15(18(22,23)24)9-16(8-14)29(27,28)25-10-13(11-26)6-12-4-2-1-3-5-12/h1-5,7-9,11,13,25H,6,10H2. The van der Waals surface area contributed by atoms with Crippen LogP contribution in [-0.2, 0) is 33.6 Å². The highest BCUT2D eigenvalue weighted by molar-refractivity contribution is 7.89. The molecule has 2 rings (SSSR count). The highest BCUT2D eigenvalue weighted by Gasteiger charge is 2.38. The predicted octanol–water partition coefficient (Wildman–Crippen LogP) is 4.06. The third-order valence-electron chi connectivity index (χ3n) is 3.94. The first-order valence-corrected chi connectivity index (χ1v) is 9.59. The Morgan fingerprint density at radius 3 is 1.86 bits per heavy atom. The van der Waals surface area contributed by atoms with Gasteiger partial charge in [0.25, 0.3) is 0 Å². The number of carbonyl (C=O) groups excluding carboxylic acids is 1. The summed E-state index contributed by atoms with van der Waals surface area (Å²) in [4.78, 5) is 10.0. The van der Waals surface area contributed by atoms with E-state index in [-0.39, 0.29) is 24.6 Å². The number of nitrogens with one attached hydrogen (secondary N) is 1. The summed E-state index contributed by atoms with van der Waals surface area (Å²) in [6.07, 6.45) is -9.75. The fraction of sp³-hybridized carbons (Fsp3) is 0.278. The van der Waals surface area contributed by atoms with Gasteiger partial charge in [-0.3, -0.25) is 0 Å². The molecule has 0 saturated heterocycles. The molecule has 1 N–H and O–H groups in total. The second kappa shape index (κ2) is 8.54. The molecular formula is C18H15F6NO3S. The van der Waals surface area contributed by atoms with Crippen LogP contribution in [0.3, 0.4) is 0 Å². The van der Waals surface area contributed by atoms with E-state index in [1.165, 1.54) is 0 Å². The summed E-state index contributed by atoms with van der Waals surface area (Å²) in [5.41, 5.74) is -2.78. The Labute approximate surface area is 162 Å². The zero-order chi connectivity index (χ0) is 21.9. The summed E-state index contributed by atoms with van der Waals surface area (Å²) < 4.78 is 104. The number of hydrogen-bond acceptors (Lipinski definition) is 3. The molecule has 0 fully saturated rings. The van der Waals surface area contributed by atoms with E-state index >= 15 is 0 Å². The molecule has 2 aromatic carbocycles. The van der Waals surface area contributed by atoms with Gasteiger partial charge in [0.1, 0.15) is 6.29 Å². The van der Waals surface area contributed by atoms with Crippen LogP contribution < -0.4 is 4.72 Å².